The molecule has 8 heteroatoms. The highest BCUT2D eigenvalue weighted by Gasteiger charge is 2.31. The molecule has 3 nitrogen and oxygen atoms in total. The molecule has 1 atom stereocenters. The zero-order valence-electron chi connectivity index (χ0n) is 11.1. The van der Waals surface area contributed by atoms with E-state index in [0.29, 0.717) is 15.3 Å². The van der Waals surface area contributed by atoms with E-state index in [1.165, 1.54) is 29.5 Å². The fraction of sp³-hybridized carbons (Fsp3) is 0.308. The van der Waals surface area contributed by atoms with Crippen molar-refractivity contribution in [1.29, 1.82) is 0 Å². The van der Waals surface area contributed by atoms with Crippen molar-refractivity contribution in [3.63, 3.8) is 0 Å². The van der Waals surface area contributed by atoms with Crippen LogP contribution in [-0.4, -0.2) is 24.4 Å². The molecule has 0 fully saturated rings. The number of terminal acetylenes is 1. The van der Waals surface area contributed by atoms with Crippen LogP contribution in [-0.2, 0) is 0 Å². The van der Waals surface area contributed by atoms with E-state index in [1.54, 1.807) is 11.9 Å². The van der Waals surface area contributed by atoms with Gasteiger partial charge in [0.15, 0.2) is 5.13 Å². The third-order valence-corrected chi connectivity index (χ3v) is 3.81. The Morgan fingerprint density at radius 2 is 2.10 bits per heavy atom. The van der Waals surface area contributed by atoms with Crippen molar-refractivity contribution >= 4 is 39.1 Å². The average Bonchev–Trinajstić information content (AvgIpc) is 2.77. The highest BCUT2D eigenvalue weighted by molar-refractivity contribution is 7.22. The molecular weight excluding hydrogens is 325 g/mol. The van der Waals surface area contributed by atoms with Crippen LogP contribution in [0, 0.1) is 12.3 Å². The predicted molar refractivity (Wildman–Crippen MR) is 80.2 cm³/mol. The Hall–Kier alpha value is -1.65. The van der Waals surface area contributed by atoms with Crippen LogP contribution >= 0.6 is 23.7 Å². The van der Waals surface area contributed by atoms with Crippen LogP contribution in [0.15, 0.2) is 18.2 Å². The highest BCUT2D eigenvalue weighted by atomic mass is 35.5. The van der Waals surface area contributed by atoms with Crippen LogP contribution in [0.25, 0.3) is 10.2 Å². The molecule has 1 heterocycles. The summed E-state index contributed by atoms with van der Waals surface area (Å²) in [4.78, 5) is 6.12. The fourth-order valence-electron chi connectivity index (χ4n) is 1.52. The second kappa shape index (κ2) is 6.41. The third kappa shape index (κ3) is 4.16. The Bertz CT molecular complexity index is 665. The molecule has 0 aliphatic rings. The van der Waals surface area contributed by atoms with Crippen LogP contribution in [0.5, 0.6) is 5.75 Å². The molecule has 0 aliphatic carbocycles. The van der Waals surface area contributed by atoms with Gasteiger partial charge in [-0.05, 0) is 19.1 Å². The van der Waals surface area contributed by atoms with Gasteiger partial charge in [0.2, 0.25) is 0 Å². The summed E-state index contributed by atoms with van der Waals surface area (Å²) in [5, 5.41) is 0.648. The number of rotatable bonds is 3. The van der Waals surface area contributed by atoms with Crippen molar-refractivity contribution in [2.24, 2.45) is 0 Å². The van der Waals surface area contributed by atoms with Gasteiger partial charge in [-0.25, -0.2) is 4.98 Å². The second-order valence-electron chi connectivity index (χ2n) is 4.13. The SMILES string of the molecule is C#CC(C)N(C)c1nc2ccc(OC(F)(F)F)cc2s1.Cl. The maximum atomic E-state index is 12.2. The number of anilines is 1. The van der Waals surface area contributed by atoms with Crippen LogP contribution in [0.2, 0.25) is 0 Å². The van der Waals surface area contributed by atoms with Gasteiger partial charge in [-0.3, -0.25) is 0 Å². The molecule has 1 aromatic heterocycles. The quantitative estimate of drug-likeness (QED) is 0.790. The Kier molecular flexibility index (Phi) is 5.31. The molecule has 1 aromatic carbocycles. The maximum Gasteiger partial charge on any atom is 0.573 e. The van der Waals surface area contributed by atoms with Gasteiger partial charge >= 0.3 is 6.36 Å². The number of alkyl halides is 3. The maximum absolute atomic E-state index is 12.2. The van der Waals surface area contributed by atoms with Crippen molar-refractivity contribution in [3.8, 4) is 18.1 Å². The van der Waals surface area contributed by atoms with Gasteiger partial charge in [-0.1, -0.05) is 17.3 Å². The second-order valence-corrected chi connectivity index (χ2v) is 5.14. The molecule has 114 valence electrons. The molecule has 0 bridgehead atoms. The number of thiazole rings is 1. The number of hydrogen-bond acceptors (Lipinski definition) is 4. The highest BCUT2D eigenvalue weighted by Crippen LogP contribution is 2.33. The summed E-state index contributed by atoms with van der Waals surface area (Å²) in [5.74, 6) is 2.31. The van der Waals surface area contributed by atoms with E-state index < -0.39 is 6.36 Å². The summed E-state index contributed by atoms with van der Waals surface area (Å²) in [6.07, 6.45) is 0.640. The minimum atomic E-state index is -4.70. The average molecular weight is 337 g/mol. The Morgan fingerprint density at radius 1 is 1.43 bits per heavy atom. The fourth-order valence-corrected chi connectivity index (χ4v) is 2.55. The molecule has 0 spiro atoms. The van der Waals surface area contributed by atoms with Crippen LogP contribution < -0.4 is 9.64 Å². The molecule has 0 N–H and O–H groups in total. The molecule has 0 amide bonds. The van der Waals surface area contributed by atoms with Gasteiger partial charge in [0.1, 0.15) is 5.75 Å². The lowest BCUT2D eigenvalue weighted by Crippen LogP contribution is -2.26. The van der Waals surface area contributed by atoms with Gasteiger partial charge < -0.3 is 9.64 Å². The zero-order valence-corrected chi connectivity index (χ0v) is 12.8. The van der Waals surface area contributed by atoms with Gasteiger partial charge in [0, 0.05) is 13.1 Å². The normalized spacial score (nSPS) is 12.4. The summed E-state index contributed by atoms with van der Waals surface area (Å²) < 4.78 is 41.0. The Morgan fingerprint density at radius 3 is 2.67 bits per heavy atom. The Labute approximate surface area is 130 Å². The summed E-state index contributed by atoms with van der Waals surface area (Å²) in [5.41, 5.74) is 0.607. The number of fused-ring (bicyclic) bond motifs is 1. The summed E-state index contributed by atoms with van der Waals surface area (Å²) >= 11 is 1.26. The lowest BCUT2D eigenvalue weighted by atomic mass is 10.3. The largest absolute Gasteiger partial charge is 0.573 e. The number of ether oxygens (including phenoxy) is 1. The smallest absolute Gasteiger partial charge is 0.406 e. The van der Waals surface area contributed by atoms with Crippen LogP contribution in [0.4, 0.5) is 18.3 Å². The van der Waals surface area contributed by atoms with Gasteiger partial charge in [-0.2, -0.15) is 0 Å². The van der Waals surface area contributed by atoms with Gasteiger partial charge in [0.05, 0.1) is 16.3 Å². The van der Waals surface area contributed by atoms with Crippen LogP contribution in [0.1, 0.15) is 6.92 Å². The third-order valence-electron chi connectivity index (χ3n) is 2.71. The monoisotopic (exact) mass is 336 g/mol. The first kappa shape index (κ1) is 17.4. The Balaban J connectivity index is 0.00000220. The van der Waals surface area contributed by atoms with E-state index in [4.69, 9.17) is 6.42 Å². The molecule has 0 radical (unpaired) electrons. The first-order valence-electron chi connectivity index (χ1n) is 5.65. The van der Waals surface area contributed by atoms with Crippen molar-refractivity contribution < 1.29 is 17.9 Å². The molecule has 0 saturated carbocycles. The molecule has 2 rings (SSSR count). The minimum Gasteiger partial charge on any atom is -0.406 e. The zero-order chi connectivity index (χ0) is 14.9. The first-order chi connectivity index (χ1) is 9.30. The molecule has 2 aromatic rings. The first-order valence-corrected chi connectivity index (χ1v) is 6.47. The summed E-state index contributed by atoms with van der Waals surface area (Å²) in [7, 11) is 1.79. The molecular formula is C13H12ClF3N2OS. The summed E-state index contributed by atoms with van der Waals surface area (Å²) in [6, 6.07) is 3.90. The van der Waals surface area contributed by atoms with E-state index in [0.717, 1.165) is 0 Å². The van der Waals surface area contributed by atoms with Gasteiger partial charge in [-0.15, -0.1) is 32.0 Å². The number of hydrogen-bond donors (Lipinski definition) is 0. The number of nitrogens with zero attached hydrogens (tertiary/aromatic N) is 2. The molecule has 0 aliphatic heterocycles. The van der Waals surface area contributed by atoms with Crippen molar-refractivity contribution in [2.75, 3.05) is 11.9 Å². The van der Waals surface area contributed by atoms with E-state index in [-0.39, 0.29) is 24.2 Å². The molecule has 21 heavy (non-hydrogen) atoms. The molecule has 0 saturated heterocycles. The topological polar surface area (TPSA) is 25.4 Å². The van der Waals surface area contributed by atoms with Crippen LogP contribution in [0.3, 0.4) is 0 Å². The van der Waals surface area contributed by atoms with Crippen molar-refractivity contribution in [2.45, 2.75) is 19.3 Å². The number of benzene rings is 1. The summed E-state index contributed by atoms with van der Waals surface area (Å²) in [6.45, 7) is 1.84. The van der Waals surface area contributed by atoms with Crippen molar-refractivity contribution in [3.05, 3.63) is 18.2 Å². The van der Waals surface area contributed by atoms with E-state index in [2.05, 4.69) is 15.6 Å². The van der Waals surface area contributed by atoms with E-state index >= 15 is 0 Å². The lowest BCUT2D eigenvalue weighted by Gasteiger charge is -2.18. The molecule has 1 unspecified atom stereocenters. The van der Waals surface area contributed by atoms with E-state index in [9.17, 15) is 13.2 Å². The minimum absolute atomic E-state index is 0. The predicted octanol–water partition coefficient (Wildman–Crippen LogP) is 4.07. The number of halogens is 4. The van der Waals surface area contributed by atoms with E-state index in [1.807, 2.05) is 6.92 Å². The lowest BCUT2D eigenvalue weighted by molar-refractivity contribution is -0.274. The standard InChI is InChI=1S/C13H11F3N2OS.ClH/c1-4-8(2)18(3)12-17-10-6-5-9(7-11(10)20-12)19-13(14,15)16;/h1,5-8H,2-3H3;1H. The number of aromatic nitrogens is 1. The van der Waals surface area contributed by atoms with Crippen molar-refractivity contribution in [1.82, 2.24) is 4.98 Å². The van der Waals surface area contributed by atoms with Gasteiger partial charge in [0.25, 0.3) is 0 Å².